The van der Waals surface area contributed by atoms with Gasteiger partial charge < -0.3 is 0 Å². The second kappa shape index (κ2) is 5.71. The first-order chi connectivity index (χ1) is 8.22. The van der Waals surface area contributed by atoms with Crippen LogP contribution in [-0.4, -0.2) is 20.9 Å². The zero-order valence-corrected chi connectivity index (χ0v) is 11.2. The summed E-state index contributed by atoms with van der Waals surface area (Å²) in [4.78, 5) is 0. The molecule has 0 N–H and O–H groups in total. The second-order valence-corrected chi connectivity index (χ2v) is 4.68. The van der Waals surface area contributed by atoms with E-state index in [1.807, 2.05) is 18.3 Å². The van der Waals surface area contributed by atoms with Crippen LogP contribution < -0.4 is 0 Å². The molecule has 0 saturated carbocycles. The molecule has 17 heavy (non-hydrogen) atoms. The van der Waals surface area contributed by atoms with E-state index in [9.17, 15) is 0 Å². The zero-order valence-electron chi connectivity index (χ0n) is 8.91. The Morgan fingerprint density at radius 3 is 2.82 bits per heavy atom. The summed E-state index contributed by atoms with van der Waals surface area (Å²) in [7, 11) is 0. The third-order valence-corrected chi connectivity index (χ3v) is 3.36. The second-order valence-electron chi connectivity index (χ2n) is 3.52. The van der Waals surface area contributed by atoms with Gasteiger partial charge in [0.2, 0.25) is 0 Å². The highest BCUT2D eigenvalue weighted by atomic mass is 35.5. The minimum atomic E-state index is 0.475. The van der Waals surface area contributed by atoms with Crippen molar-refractivity contribution in [1.29, 1.82) is 0 Å². The topological polar surface area (TPSA) is 30.7 Å². The molecule has 1 aromatic heterocycles. The van der Waals surface area contributed by atoms with E-state index in [2.05, 4.69) is 10.3 Å². The molecule has 1 heterocycles. The Labute approximate surface area is 114 Å². The lowest BCUT2D eigenvalue weighted by atomic mass is 10.3. The minimum absolute atomic E-state index is 0.475. The Balaban J connectivity index is 2.27. The molecule has 0 aliphatic rings. The summed E-state index contributed by atoms with van der Waals surface area (Å²) in [6.07, 6.45) is 3.52. The van der Waals surface area contributed by atoms with E-state index < -0.39 is 0 Å². The van der Waals surface area contributed by atoms with E-state index in [4.69, 9.17) is 34.8 Å². The maximum absolute atomic E-state index is 6.10. The Bertz CT molecular complexity index is 510. The van der Waals surface area contributed by atoms with Gasteiger partial charge >= 0.3 is 0 Å². The first kappa shape index (κ1) is 12.7. The lowest BCUT2D eigenvalue weighted by molar-refractivity contribution is 0.792. The SMILES string of the molecule is ClCCCc1cn(-c2cccc(Cl)c2Cl)nn1. The molecule has 0 atom stereocenters. The van der Waals surface area contributed by atoms with Crippen LogP contribution in [0.4, 0.5) is 0 Å². The standard InChI is InChI=1S/C11H10Cl3N3/c12-6-2-3-8-7-17(16-15-8)10-5-1-4-9(13)11(10)14/h1,4-5,7H,2-3,6H2. The van der Waals surface area contributed by atoms with Gasteiger partial charge in [0.25, 0.3) is 0 Å². The number of hydrogen-bond donors (Lipinski definition) is 0. The fourth-order valence-electron chi connectivity index (χ4n) is 1.45. The number of alkyl halides is 1. The Morgan fingerprint density at radius 1 is 1.24 bits per heavy atom. The predicted molar refractivity (Wildman–Crippen MR) is 70.4 cm³/mol. The van der Waals surface area contributed by atoms with Gasteiger partial charge in [-0.15, -0.1) is 16.7 Å². The van der Waals surface area contributed by atoms with Gasteiger partial charge in [0, 0.05) is 5.88 Å². The lowest BCUT2D eigenvalue weighted by Crippen LogP contribution is -1.95. The summed E-state index contributed by atoms with van der Waals surface area (Å²) in [6.45, 7) is 0. The van der Waals surface area contributed by atoms with Gasteiger partial charge in [-0.2, -0.15) is 0 Å². The molecule has 90 valence electrons. The number of aryl methyl sites for hydroxylation is 1. The molecule has 2 aromatic rings. The fourth-order valence-corrected chi connectivity index (χ4v) is 1.96. The molecular formula is C11H10Cl3N3. The van der Waals surface area contributed by atoms with Crippen molar-refractivity contribution < 1.29 is 0 Å². The van der Waals surface area contributed by atoms with E-state index in [1.165, 1.54) is 0 Å². The molecule has 0 bridgehead atoms. The maximum atomic E-state index is 6.10. The average Bonchev–Trinajstić information content (AvgIpc) is 2.78. The lowest BCUT2D eigenvalue weighted by Gasteiger charge is -2.03. The van der Waals surface area contributed by atoms with Crippen LogP contribution in [0.3, 0.4) is 0 Å². The van der Waals surface area contributed by atoms with Crippen LogP contribution in [0.15, 0.2) is 24.4 Å². The third kappa shape index (κ3) is 2.92. The van der Waals surface area contributed by atoms with Crippen LogP contribution in [0.2, 0.25) is 10.0 Å². The largest absolute Gasteiger partial charge is 0.219 e. The molecule has 2 rings (SSSR count). The van der Waals surface area contributed by atoms with E-state index in [0.717, 1.165) is 24.2 Å². The summed E-state index contributed by atoms with van der Waals surface area (Å²) in [5.41, 5.74) is 1.62. The quantitative estimate of drug-likeness (QED) is 0.803. The average molecular weight is 291 g/mol. The molecule has 0 fully saturated rings. The van der Waals surface area contributed by atoms with Gasteiger partial charge in [-0.05, 0) is 25.0 Å². The van der Waals surface area contributed by atoms with Crippen molar-refractivity contribution in [1.82, 2.24) is 15.0 Å². The number of nitrogens with zero attached hydrogens (tertiary/aromatic N) is 3. The molecule has 0 saturated heterocycles. The smallest absolute Gasteiger partial charge is 0.0865 e. The van der Waals surface area contributed by atoms with Crippen molar-refractivity contribution in [2.75, 3.05) is 5.88 Å². The van der Waals surface area contributed by atoms with Crippen molar-refractivity contribution in [2.24, 2.45) is 0 Å². The van der Waals surface area contributed by atoms with Crippen molar-refractivity contribution in [2.45, 2.75) is 12.8 Å². The van der Waals surface area contributed by atoms with Crippen LogP contribution in [0.25, 0.3) is 5.69 Å². The number of rotatable bonds is 4. The summed E-state index contributed by atoms with van der Waals surface area (Å²) in [5, 5.41) is 9.05. The van der Waals surface area contributed by atoms with E-state index in [0.29, 0.717) is 15.9 Å². The summed E-state index contributed by atoms with van der Waals surface area (Å²) < 4.78 is 1.62. The van der Waals surface area contributed by atoms with Crippen LogP contribution in [0, 0.1) is 0 Å². The van der Waals surface area contributed by atoms with E-state index in [1.54, 1.807) is 10.7 Å². The molecule has 1 aromatic carbocycles. The zero-order chi connectivity index (χ0) is 12.3. The van der Waals surface area contributed by atoms with Crippen molar-refractivity contribution in [3.05, 3.63) is 40.1 Å². The van der Waals surface area contributed by atoms with Gasteiger partial charge in [0.15, 0.2) is 0 Å². The summed E-state index contributed by atoms with van der Waals surface area (Å²) in [6, 6.07) is 5.40. The van der Waals surface area contributed by atoms with Gasteiger partial charge in [0.1, 0.15) is 0 Å². The predicted octanol–water partition coefficient (Wildman–Crippen LogP) is 3.75. The molecule has 0 spiro atoms. The van der Waals surface area contributed by atoms with Crippen molar-refractivity contribution >= 4 is 34.8 Å². The van der Waals surface area contributed by atoms with Crippen molar-refractivity contribution in [3.8, 4) is 5.69 Å². The molecule has 0 aliphatic heterocycles. The number of halogens is 3. The van der Waals surface area contributed by atoms with E-state index in [-0.39, 0.29) is 0 Å². The molecule has 0 aliphatic carbocycles. The van der Waals surface area contributed by atoms with Gasteiger partial charge in [-0.3, -0.25) is 0 Å². The Kier molecular flexibility index (Phi) is 4.26. The monoisotopic (exact) mass is 289 g/mol. The van der Waals surface area contributed by atoms with Gasteiger partial charge in [-0.25, -0.2) is 4.68 Å². The maximum Gasteiger partial charge on any atom is 0.0865 e. The molecular weight excluding hydrogens is 281 g/mol. The summed E-state index contributed by atoms with van der Waals surface area (Å²) >= 11 is 17.7. The molecule has 0 amide bonds. The fraction of sp³-hybridized carbons (Fsp3) is 0.273. The molecule has 0 radical (unpaired) electrons. The molecule has 6 heteroatoms. The number of hydrogen-bond acceptors (Lipinski definition) is 2. The van der Waals surface area contributed by atoms with Gasteiger partial charge in [0.05, 0.1) is 27.6 Å². The first-order valence-electron chi connectivity index (χ1n) is 5.14. The van der Waals surface area contributed by atoms with Crippen LogP contribution in [-0.2, 0) is 6.42 Å². The highest BCUT2D eigenvalue weighted by molar-refractivity contribution is 6.43. The Morgan fingerprint density at radius 2 is 2.06 bits per heavy atom. The minimum Gasteiger partial charge on any atom is -0.219 e. The van der Waals surface area contributed by atoms with Crippen molar-refractivity contribution in [3.63, 3.8) is 0 Å². The summed E-state index contributed by atoms with van der Waals surface area (Å²) in [5.74, 6) is 0.616. The molecule has 3 nitrogen and oxygen atoms in total. The normalized spacial score (nSPS) is 10.8. The number of benzene rings is 1. The highest BCUT2D eigenvalue weighted by Crippen LogP contribution is 2.27. The molecule has 0 unspecified atom stereocenters. The van der Waals surface area contributed by atoms with Crippen LogP contribution in [0.1, 0.15) is 12.1 Å². The van der Waals surface area contributed by atoms with Crippen LogP contribution >= 0.6 is 34.8 Å². The highest BCUT2D eigenvalue weighted by Gasteiger charge is 2.08. The van der Waals surface area contributed by atoms with Gasteiger partial charge in [-0.1, -0.05) is 34.5 Å². The number of aromatic nitrogens is 3. The third-order valence-electron chi connectivity index (χ3n) is 2.29. The Hall–Kier alpha value is -0.770. The van der Waals surface area contributed by atoms with Crippen LogP contribution in [0.5, 0.6) is 0 Å². The van der Waals surface area contributed by atoms with E-state index >= 15 is 0 Å². The first-order valence-corrected chi connectivity index (χ1v) is 6.43.